The molecule has 1 unspecified atom stereocenters. The van der Waals surface area contributed by atoms with E-state index in [4.69, 9.17) is 0 Å². The molecule has 0 aliphatic heterocycles. The van der Waals surface area contributed by atoms with Crippen molar-refractivity contribution >= 4 is 11.9 Å². The van der Waals surface area contributed by atoms with Crippen molar-refractivity contribution in [2.24, 2.45) is 0 Å². The van der Waals surface area contributed by atoms with Gasteiger partial charge in [-0.1, -0.05) is 55.5 Å². The molecule has 2 aromatic carbocycles. The Morgan fingerprint density at radius 2 is 1.71 bits per heavy atom. The minimum absolute atomic E-state index is 0.0273. The van der Waals surface area contributed by atoms with Crippen LogP contribution in [0.25, 0.3) is 0 Å². The summed E-state index contributed by atoms with van der Waals surface area (Å²) in [5.41, 5.74) is 1.27. The smallest absolute Gasteiger partial charge is 0.326 e. The standard InChI is InChI=1S/C19H20FNO3/c1-13(15-9-5-6-10-16(15)20)11-18(22)21-17(19(23)24)12-14-7-3-2-4-8-14/h2-10,13,17H,11-12H2,1H3,(H,21,22)(H,23,24)/t13?,17-/m1/s1. The fraction of sp³-hybridized carbons (Fsp3) is 0.263. The lowest BCUT2D eigenvalue weighted by Gasteiger charge is -2.17. The van der Waals surface area contributed by atoms with Crippen molar-refractivity contribution in [3.63, 3.8) is 0 Å². The molecule has 0 bridgehead atoms. The van der Waals surface area contributed by atoms with Gasteiger partial charge in [0, 0.05) is 12.8 Å². The second-order valence-corrected chi connectivity index (χ2v) is 5.77. The van der Waals surface area contributed by atoms with Crippen LogP contribution in [0, 0.1) is 5.82 Å². The van der Waals surface area contributed by atoms with Crippen molar-refractivity contribution < 1.29 is 19.1 Å². The monoisotopic (exact) mass is 329 g/mol. The summed E-state index contributed by atoms with van der Waals surface area (Å²) in [5, 5.41) is 11.8. The summed E-state index contributed by atoms with van der Waals surface area (Å²) in [6, 6.07) is 14.4. The van der Waals surface area contributed by atoms with Crippen molar-refractivity contribution in [1.29, 1.82) is 0 Å². The number of hydrogen-bond donors (Lipinski definition) is 2. The lowest BCUT2D eigenvalue weighted by atomic mass is 9.96. The number of amides is 1. The maximum atomic E-state index is 13.7. The van der Waals surface area contributed by atoms with E-state index in [1.165, 1.54) is 6.07 Å². The normalized spacial score (nSPS) is 13.1. The Hall–Kier alpha value is -2.69. The van der Waals surface area contributed by atoms with Crippen molar-refractivity contribution in [2.75, 3.05) is 0 Å². The predicted octanol–water partition coefficient (Wildman–Crippen LogP) is 3.13. The van der Waals surface area contributed by atoms with Crippen LogP contribution < -0.4 is 5.32 Å². The number of benzene rings is 2. The van der Waals surface area contributed by atoms with E-state index >= 15 is 0 Å². The molecule has 0 spiro atoms. The Balaban J connectivity index is 1.98. The summed E-state index contributed by atoms with van der Waals surface area (Å²) in [6.45, 7) is 1.74. The molecule has 2 aromatic rings. The molecule has 0 aromatic heterocycles. The molecule has 2 atom stereocenters. The van der Waals surface area contributed by atoms with E-state index < -0.39 is 17.9 Å². The van der Waals surface area contributed by atoms with Crippen LogP contribution in [0.5, 0.6) is 0 Å². The molecule has 1 amide bonds. The van der Waals surface area contributed by atoms with Gasteiger partial charge in [-0.15, -0.1) is 0 Å². The van der Waals surface area contributed by atoms with E-state index in [2.05, 4.69) is 5.32 Å². The third-order valence-electron chi connectivity index (χ3n) is 3.84. The molecule has 2 rings (SSSR count). The largest absolute Gasteiger partial charge is 0.480 e. The van der Waals surface area contributed by atoms with E-state index in [0.717, 1.165) is 5.56 Å². The lowest BCUT2D eigenvalue weighted by Crippen LogP contribution is -2.42. The van der Waals surface area contributed by atoms with E-state index in [0.29, 0.717) is 5.56 Å². The van der Waals surface area contributed by atoms with Gasteiger partial charge < -0.3 is 10.4 Å². The Bertz CT molecular complexity index is 703. The third kappa shape index (κ3) is 4.91. The van der Waals surface area contributed by atoms with Crippen LogP contribution in [0.2, 0.25) is 0 Å². The van der Waals surface area contributed by atoms with Crippen LogP contribution >= 0.6 is 0 Å². The molecule has 4 nitrogen and oxygen atoms in total. The highest BCUT2D eigenvalue weighted by molar-refractivity contribution is 5.84. The van der Waals surface area contributed by atoms with Crippen LogP contribution in [0.3, 0.4) is 0 Å². The first kappa shape index (κ1) is 17.7. The number of hydrogen-bond acceptors (Lipinski definition) is 2. The molecule has 0 aliphatic carbocycles. The number of carbonyl (C=O) groups is 2. The van der Waals surface area contributed by atoms with Crippen molar-refractivity contribution in [1.82, 2.24) is 5.32 Å². The van der Waals surface area contributed by atoms with Gasteiger partial charge in [-0.25, -0.2) is 9.18 Å². The second kappa shape index (κ2) is 8.24. The van der Waals surface area contributed by atoms with E-state index in [-0.39, 0.29) is 24.6 Å². The fourth-order valence-electron chi connectivity index (χ4n) is 2.57. The zero-order chi connectivity index (χ0) is 17.5. The molecular weight excluding hydrogens is 309 g/mol. The van der Waals surface area contributed by atoms with Gasteiger partial charge in [-0.2, -0.15) is 0 Å². The van der Waals surface area contributed by atoms with Gasteiger partial charge in [0.05, 0.1) is 0 Å². The molecule has 0 heterocycles. The zero-order valence-corrected chi connectivity index (χ0v) is 13.4. The second-order valence-electron chi connectivity index (χ2n) is 5.77. The molecular formula is C19H20FNO3. The summed E-state index contributed by atoms with van der Waals surface area (Å²) >= 11 is 0. The molecule has 0 aliphatic rings. The van der Waals surface area contributed by atoms with Gasteiger partial charge in [0.2, 0.25) is 5.91 Å². The predicted molar refractivity (Wildman–Crippen MR) is 89.1 cm³/mol. The minimum atomic E-state index is -1.09. The van der Waals surface area contributed by atoms with Crippen LogP contribution in [-0.2, 0) is 16.0 Å². The molecule has 5 heteroatoms. The van der Waals surface area contributed by atoms with E-state index in [1.807, 2.05) is 30.3 Å². The highest BCUT2D eigenvalue weighted by Crippen LogP contribution is 2.21. The van der Waals surface area contributed by atoms with Crippen LogP contribution in [0.4, 0.5) is 4.39 Å². The van der Waals surface area contributed by atoms with Crippen molar-refractivity contribution in [3.05, 3.63) is 71.5 Å². The average Bonchev–Trinajstić information content (AvgIpc) is 2.55. The summed E-state index contributed by atoms with van der Waals surface area (Å²) in [7, 11) is 0. The van der Waals surface area contributed by atoms with Gasteiger partial charge in [-0.3, -0.25) is 4.79 Å². The summed E-state index contributed by atoms with van der Waals surface area (Å²) in [5.74, 6) is -2.20. The van der Waals surface area contributed by atoms with Crippen LogP contribution in [0.15, 0.2) is 54.6 Å². The number of carboxylic acids is 1. The van der Waals surface area contributed by atoms with Crippen molar-refractivity contribution in [2.45, 2.75) is 31.7 Å². The number of rotatable bonds is 7. The fourth-order valence-corrected chi connectivity index (χ4v) is 2.57. The molecule has 2 N–H and O–H groups in total. The van der Waals surface area contributed by atoms with Gasteiger partial charge in [0.1, 0.15) is 11.9 Å². The first-order valence-electron chi connectivity index (χ1n) is 7.78. The minimum Gasteiger partial charge on any atom is -0.480 e. The number of nitrogens with one attached hydrogen (secondary N) is 1. The first-order valence-corrected chi connectivity index (χ1v) is 7.78. The van der Waals surface area contributed by atoms with Crippen LogP contribution in [0.1, 0.15) is 30.4 Å². The first-order chi connectivity index (χ1) is 11.5. The Kier molecular flexibility index (Phi) is 6.07. The number of carboxylic acid groups (broad SMARTS) is 1. The quantitative estimate of drug-likeness (QED) is 0.820. The molecule has 0 fully saturated rings. The summed E-state index contributed by atoms with van der Waals surface area (Å²) < 4.78 is 13.7. The summed E-state index contributed by atoms with van der Waals surface area (Å²) in [4.78, 5) is 23.5. The van der Waals surface area contributed by atoms with Crippen LogP contribution in [-0.4, -0.2) is 23.0 Å². The molecule has 0 saturated carbocycles. The van der Waals surface area contributed by atoms with Gasteiger partial charge in [0.15, 0.2) is 0 Å². The Morgan fingerprint density at radius 1 is 1.08 bits per heavy atom. The average molecular weight is 329 g/mol. The van der Waals surface area contributed by atoms with Gasteiger partial charge in [0.25, 0.3) is 0 Å². The van der Waals surface area contributed by atoms with Crippen molar-refractivity contribution in [3.8, 4) is 0 Å². The van der Waals surface area contributed by atoms with Gasteiger partial charge in [-0.05, 0) is 23.1 Å². The maximum Gasteiger partial charge on any atom is 0.326 e. The summed E-state index contributed by atoms with van der Waals surface area (Å²) in [6.07, 6.45) is 0.232. The topological polar surface area (TPSA) is 66.4 Å². The third-order valence-corrected chi connectivity index (χ3v) is 3.84. The Morgan fingerprint density at radius 3 is 2.33 bits per heavy atom. The maximum absolute atomic E-state index is 13.7. The Labute approximate surface area is 140 Å². The molecule has 0 saturated heterocycles. The number of aliphatic carboxylic acids is 1. The molecule has 0 radical (unpaired) electrons. The van der Waals surface area contributed by atoms with E-state index in [9.17, 15) is 19.1 Å². The van der Waals surface area contributed by atoms with Gasteiger partial charge >= 0.3 is 5.97 Å². The lowest BCUT2D eigenvalue weighted by molar-refractivity contribution is -0.141. The number of carbonyl (C=O) groups excluding carboxylic acids is 1. The zero-order valence-electron chi connectivity index (χ0n) is 13.4. The molecule has 126 valence electrons. The van der Waals surface area contributed by atoms with E-state index in [1.54, 1.807) is 25.1 Å². The SMILES string of the molecule is CC(CC(=O)N[C@H](Cc1ccccc1)C(=O)O)c1ccccc1F. The number of halogens is 1. The molecule has 24 heavy (non-hydrogen) atoms. The highest BCUT2D eigenvalue weighted by atomic mass is 19.1. The highest BCUT2D eigenvalue weighted by Gasteiger charge is 2.22.